The number of aromatic nitrogens is 2. The molecule has 2 rings (SSSR count). The van der Waals surface area contributed by atoms with Crippen LogP contribution in [0.25, 0.3) is 0 Å². The molecular weight excluding hydrogens is 260 g/mol. The standard InChI is InChI=1S/C6H4N2O2S4/c9-3-1-11-5(7-3)13-14-6-8-4(10)2-12-6/h1-2,9-10H. The molecule has 0 aliphatic carbocycles. The Morgan fingerprint density at radius 2 is 1.36 bits per heavy atom. The van der Waals surface area contributed by atoms with E-state index in [4.69, 9.17) is 10.2 Å². The summed E-state index contributed by atoms with van der Waals surface area (Å²) in [5, 5.41) is 21.1. The fourth-order valence-electron chi connectivity index (χ4n) is 0.647. The van der Waals surface area contributed by atoms with Crippen molar-refractivity contribution in [2.24, 2.45) is 0 Å². The number of hydrogen-bond acceptors (Lipinski definition) is 8. The third-order valence-corrected chi connectivity index (χ3v) is 5.83. The summed E-state index contributed by atoms with van der Waals surface area (Å²) in [4.78, 5) is 7.73. The number of nitrogens with zero attached hydrogens (tertiary/aromatic N) is 2. The van der Waals surface area contributed by atoms with Gasteiger partial charge in [0.25, 0.3) is 0 Å². The van der Waals surface area contributed by atoms with Crippen molar-refractivity contribution < 1.29 is 10.2 Å². The minimum Gasteiger partial charge on any atom is -0.493 e. The van der Waals surface area contributed by atoms with Crippen molar-refractivity contribution in [3.8, 4) is 11.8 Å². The van der Waals surface area contributed by atoms with Gasteiger partial charge in [-0.15, -0.1) is 22.7 Å². The van der Waals surface area contributed by atoms with Crippen LogP contribution < -0.4 is 0 Å². The van der Waals surface area contributed by atoms with Crippen LogP contribution in [0.1, 0.15) is 0 Å². The minimum atomic E-state index is 0.0417. The van der Waals surface area contributed by atoms with E-state index in [9.17, 15) is 0 Å². The van der Waals surface area contributed by atoms with Crippen molar-refractivity contribution >= 4 is 44.3 Å². The molecule has 74 valence electrons. The van der Waals surface area contributed by atoms with Gasteiger partial charge in [-0.1, -0.05) is 0 Å². The van der Waals surface area contributed by atoms with Gasteiger partial charge in [-0.05, 0) is 21.6 Å². The molecule has 4 nitrogen and oxygen atoms in total. The van der Waals surface area contributed by atoms with E-state index in [1.807, 2.05) is 0 Å². The molecule has 2 heterocycles. The summed E-state index contributed by atoms with van der Waals surface area (Å²) in [6.07, 6.45) is 0. The molecule has 0 aliphatic heterocycles. The molecule has 8 heteroatoms. The van der Waals surface area contributed by atoms with Gasteiger partial charge >= 0.3 is 0 Å². The third kappa shape index (κ3) is 2.53. The summed E-state index contributed by atoms with van der Waals surface area (Å²) in [6, 6.07) is 0. The van der Waals surface area contributed by atoms with Gasteiger partial charge in [0.1, 0.15) is 0 Å². The maximum atomic E-state index is 8.98. The predicted molar refractivity (Wildman–Crippen MR) is 59.3 cm³/mol. The summed E-state index contributed by atoms with van der Waals surface area (Å²) in [7, 11) is 2.82. The Hall–Kier alpha value is -0.440. The highest BCUT2D eigenvalue weighted by Gasteiger charge is 2.05. The van der Waals surface area contributed by atoms with Crippen molar-refractivity contribution in [3.05, 3.63) is 10.8 Å². The van der Waals surface area contributed by atoms with E-state index < -0.39 is 0 Å². The Morgan fingerprint density at radius 3 is 1.64 bits per heavy atom. The first-order valence-electron chi connectivity index (χ1n) is 3.37. The number of thiazole rings is 2. The Bertz CT molecular complexity index is 387. The Morgan fingerprint density at radius 1 is 0.929 bits per heavy atom. The second kappa shape index (κ2) is 4.39. The van der Waals surface area contributed by atoms with Crippen molar-refractivity contribution in [1.82, 2.24) is 9.97 Å². The van der Waals surface area contributed by atoms with Crippen LogP contribution in [0.5, 0.6) is 11.8 Å². The van der Waals surface area contributed by atoms with Crippen molar-refractivity contribution in [2.45, 2.75) is 8.68 Å². The van der Waals surface area contributed by atoms with Gasteiger partial charge in [0.05, 0.1) is 10.8 Å². The molecule has 0 bridgehead atoms. The first-order valence-corrected chi connectivity index (χ1v) is 7.28. The predicted octanol–water partition coefficient (Wildman–Crippen LogP) is 2.81. The molecule has 14 heavy (non-hydrogen) atoms. The smallest absolute Gasteiger partial charge is 0.223 e. The maximum absolute atomic E-state index is 8.98. The summed E-state index contributed by atoms with van der Waals surface area (Å²) < 4.78 is 1.53. The van der Waals surface area contributed by atoms with Crippen LogP contribution in [-0.2, 0) is 0 Å². The normalized spacial score (nSPS) is 10.6. The number of rotatable bonds is 3. The van der Waals surface area contributed by atoms with Gasteiger partial charge in [0.2, 0.25) is 11.8 Å². The lowest BCUT2D eigenvalue weighted by Crippen LogP contribution is -1.65. The highest BCUT2D eigenvalue weighted by Crippen LogP contribution is 2.41. The fraction of sp³-hybridized carbons (Fsp3) is 0. The summed E-state index contributed by atoms with van der Waals surface area (Å²) >= 11 is 2.74. The van der Waals surface area contributed by atoms with E-state index in [1.165, 1.54) is 44.3 Å². The van der Waals surface area contributed by atoms with Crippen LogP contribution in [0.3, 0.4) is 0 Å². The lowest BCUT2D eigenvalue weighted by Gasteiger charge is -1.89. The zero-order valence-electron chi connectivity index (χ0n) is 6.58. The molecule has 0 fully saturated rings. The molecule has 0 saturated carbocycles. The van der Waals surface area contributed by atoms with Crippen LogP contribution in [0.2, 0.25) is 0 Å². The molecule has 0 atom stereocenters. The van der Waals surface area contributed by atoms with E-state index in [-0.39, 0.29) is 11.8 Å². The first kappa shape index (κ1) is 10.1. The van der Waals surface area contributed by atoms with E-state index in [1.54, 1.807) is 10.8 Å². The zero-order chi connectivity index (χ0) is 9.97. The SMILES string of the molecule is Oc1csc(SSc2nc(O)cs2)n1. The molecule has 2 aromatic heterocycles. The Labute approximate surface area is 95.4 Å². The highest BCUT2D eigenvalue weighted by molar-refractivity contribution is 8.77. The lowest BCUT2D eigenvalue weighted by atomic mass is 10.9. The zero-order valence-corrected chi connectivity index (χ0v) is 9.84. The van der Waals surface area contributed by atoms with E-state index >= 15 is 0 Å². The first-order chi connectivity index (χ1) is 6.74. The van der Waals surface area contributed by atoms with E-state index in [2.05, 4.69) is 9.97 Å². The van der Waals surface area contributed by atoms with Gasteiger partial charge in [-0.25, -0.2) is 0 Å². The fourth-order valence-corrected chi connectivity index (χ4v) is 4.43. The third-order valence-electron chi connectivity index (χ3n) is 1.13. The molecule has 0 unspecified atom stereocenters. The van der Waals surface area contributed by atoms with Gasteiger partial charge in [0, 0.05) is 0 Å². The summed E-state index contributed by atoms with van der Waals surface area (Å²) in [5.74, 6) is 0.0835. The number of hydrogen-bond donors (Lipinski definition) is 2. The summed E-state index contributed by atoms with van der Waals surface area (Å²) in [5.41, 5.74) is 0. The molecule has 2 aromatic rings. The molecule has 0 spiro atoms. The van der Waals surface area contributed by atoms with Crippen LogP contribution in [0.15, 0.2) is 19.4 Å². The number of aromatic hydroxyl groups is 2. The minimum absolute atomic E-state index is 0.0417. The topological polar surface area (TPSA) is 66.2 Å². The molecule has 0 amide bonds. The summed E-state index contributed by atoms with van der Waals surface area (Å²) in [6.45, 7) is 0. The monoisotopic (exact) mass is 264 g/mol. The molecular formula is C6H4N2O2S4. The molecule has 0 aromatic carbocycles. The van der Waals surface area contributed by atoms with Gasteiger partial charge < -0.3 is 10.2 Å². The average Bonchev–Trinajstić information content (AvgIpc) is 2.72. The Balaban J connectivity index is 1.94. The lowest BCUT2D eigenvalue weighted by molar-refractivity contribution is 0.453. The average molecular weight is 264 g/mol. The largest absolute Gasteiger partial charge is 0.493 e. The van der Waals surface area contributed by atoms with E-state index in [0.717, 1.165) is 8.68 Å². The quantitative estimate of drug-likeness (QED) is 0.831. The maximum Gasteiger partial charge on any atom is 0.223 e. The van der Waals surface area contributed by atoms with Crippen LogP contribution in [0.4, 0.5) is 0 Å². The van der Waals surface area contributed by atoms with Crippen molar-refractivity contribution in [2.75, 3.05) is 0 Å². The van der Waals surface area contributed by atoms with Crippen molar-refractivity contribution in [3.63, 3.8) is 0 Å². The van der Waals surface area contributed by atoms with E-state index in [0.29, 0.717) is 0 Å². The Kier molecular flexibility index (Phi) is 3.16. The van der Waals surface area contributed by atoms with Gasteiger partial charge in [-0.3, -0.25) is 0 Å². The molecule has 0 radical (unpaired) electrons. The molecule has 2 N–H and O–H groups in total. The molecule has 0 aliphatic rings. The van der Waals surface area contributed by atoms with Crippen LogP contribution >= 0.6 is 44.3 Å². The van der Waals surface area contributed by atoms with Crippen LogP contribution in [-0.4, -0.2) is 20.2 Å². The van der Waals surface area contributed by atoms with Crippen molar-refractivity contribution in [1.29, 1.82) is 0 Å². The van der Waals surface area contributed by atoms with Crippen LogP contribution in [0, 0.1) is 0 Å². The van der Waals surface area contributed by atoms with Gasteiger partial charge in [-0.2, -0.15) is 9.97 Å². The second-order valence-electron chi connectivity index (χ2n) is 2.11. The van der Waals surface area contributed by atoms with Gasteiger partial charge in [0.15, 0.2) is 8.68 Å². The molecule has 0 saturated heterocycles. The highest BCUT2D eigenvalue weighted by atomic mass is 33.1. The second-order valence-corrected chi connectivity index (χ2v) is 6.45.